The molecule has 1 heterocycles. The van der Waals surface area contributed by atoms with E-state index in [4.69, 9.17) is 4.74 Å². The van der Waals surface area contributed by atoms with E-state index in [1.807, 2.05) is 13.1 Å². The number of nitrogens with one attached hydrogen (secondary N) is 1. The van der Waals surface area contributed by atoms with E-state index in [1.165, 1.54) is 13.2 Å². The average molecular weight is 252 g/mol. The molecule has 0 aliphatic carbocycles. The molecule has 5 heteroatoms. The van der Waals surface area contributed by atoms with E-state index in [0.717, 1.165) is 15.6 Å². The number of halogens is 1. The summed E-state index contributed by atoms with van der Waals surface area (Å²) in [6, 6.07) is 4.82. The van der Waals surface area contributed by atoms with Crippen LogP contribution in [0.25, 0.3) is 0 Å². The Morgan fingerprint density at radius 3 is 2.88 bits per heavy atom. The van der Waals surface area contributed by atoms with Crippen LogP contribution in [0.3, 0.4) is 0 Å². The molecule has 3 nitrogen and oxygen atoms in total. The highest BCUT2D eigenvalue weighted by atomic mass is 32.1. The van der Waals surface area contributed by atoms with Crippen LogP contribution >= 0.6 is 11.3 Å². The highest BCUT2D eigenvalue weighted by molar-refractivity contribution is 7.11. The minimum atomic E-state index is -0.363. The predicted octanol–water partition coefficient (Wildman–Crippen LogP) is 3.21. The topological polar surface area (TPSA) is 34.1 Å². The van der Waals surface area contributed by atoms with Gasteiger partial charge in [-0.25, -0.2) is 9.37 Å². The van der Waals surface area contributed by atoms with Crippen molar-refractivity contribution in [2.75, 3.05) is 12.4 Å². The van der Waals surface area contributed by atoms with Gasteiger partial charge in [-0.15, -0.1) is 11.3 Å². The molecule has 0 saturated carbocycles. The zero-order valence-electron chi connectivity index (χ0n) is 9.66. The van der Waals surface area contributed by atoms with Crippen molar-refractivity contribution in [3.63, 3.8) is 0 Å². The van der Waals surface area contributed by atoms with E-state index in [1.54, 1.807) is 23.5 Å². The van der Waals surface area contributed by atoms with Crippen LogP contribution in [0.5, 0.6) is 5.75 Å². The van der Waals surface area contributed by atoms with Gasteiger partial charge in [-0.3, -0.25) is 0 Å². The zero-order chi connectivity index (χ0) is 12.3. The van der Waals surface area contributed by atoms with Crippen molar-refractivity contribution in [3.8, 4) is 5.75 Å². The maximum Gasteiger partial charge on any atom is 0.167 e. The minimum absolute atomic E-state index is 0.254. The maximum absolute atomic E-state index is 13.4. The highest BCUT2D eigenvalue weighted by Gasteiger charge is 2.03. The molecule has 1 aromatic heterocycles. The fraction of sp³-hybridized carbons (Fsp3) is 0.250. The van der Waals surface area contributed by atoms with Gasteiger partial charge in [0.05, 0.1) is 18.7 Å². The number of thiazole rings is 1. The number of anilines is 1. The number of rotatable bonds is 4. The third kappa shape index (κ3) is 2.94. The number of ether oxygens (including phenoxy) is 1. The zero-order valence-corrected chi connectivity index (χ0v) is 10.5. The summed E-state index contributed by atoms with van der Waals surface area (Å²) < 4.78 is 18.3. The average Bonchev–Trinajstić information content (AvgIpc) is 2.73. The number of nitrogens with zero attached hydrogens (tertiary/aromatic N) is 1. The van der Waals surface area contributed by atoms with Gasteiger partial charge in [0.2, 0.25) is 0 Å². The van der Waals surface area contributed by atoms with Crippen LogP contribution in [0.2, 0.25) is 0 Å². The standard InChI is InChI=1S/C12H13FN2OS/c1-8-14-6-10(17-8)7-15-9-3-4-12(16-2)11(13)5-9/h3-6,15H,7H2,1-2H3. The van der Waals surface area contributed by atoms with Gasteiger partial charge >= 0.3 is 0 Å². The number of aryl methyl sites for hydroxylation is 1. The first-order valence-electron chi connectivity index (χ1n) is 5.18. The summed E-state index contributed by atoms with van der Waals surface area (Å²) in [5.41, 5.74) is 0.731. The lowest BCUT2D eigenvalue weighted by atomic mass is 10.3. The minimum Gasteiger partial charge on any atom is -0.494 e. The van der Waals surface area contributed by atoms with Crippen molar-refractivity contribution in [2.24, 2.45) is 0 Å². The van der Waals surface area contributed by atoms with Gasteiger partial charge in [0.15, 0.2) is 11.6 Å². The van der Waals surface area contributed by atoms with Crippen molar-refractivity contribution in [1.29, 1.82) is 0 Å². The van der Waals surface area contributed by atoms with Crippen molar-refractivity contribution in [1.82, 2.24) is 4.98 Å². The van der Waals surface area contributed by atoms with E-state index >= 15 is 0 Å². The largest absolute Gasteiger partial charge is 0.494 e. The van der Waals surface area contributed by atoms with E-state index in [2.05, 4.69) is 10.3 Å². The quantitative estimate of drug-likeness (QED) is 0.907. The summed E-state index contributed by atoms with van der Waals surface area (Å²) in [4.78, 5) is 5.28. The van der Waals surface area contributed by atoms with Crippen molar-refractivity contribution in [2.45, 2.75) is 13.5 Å². The van der Waals surface area contributed by atoms with E-state index in [0.29, 0.717) is 6.54 Å². The monoisotopic (exact) mass is 252 g/mol. The van der Waals surface area contributed by atoms with Crippen LogP contribution in [-0.4, -0.2) is 12.1 Å². The lowest BCUT2D eigenvalue weighted by molar-refractivity contribution is 0.386. The van der Waals surface area contributed by atoms with Crippen LogP contribution < -0.4 is 10.1 Å². The number of aromatic nitrogens is 1. The van der Waals surface area contributed by atoms with E-state index in [-0.39, 0.29) is 11.6 Å². The Labute approximate surface area is 103 Å². The maximum atomic E-state index is 13.4. The Balaban J connectivity index is 2.02. The van der Waals surface area contributed by atoms with Crippen molar-refractivity contribution in [3.05, 3.63) is 40.1 Å². The van der Waals surface area contributed by atoms with Crippen LogP contribution in [0.4, 0.5) is 10.1 Å². The first-order chi connectivity index (χ1) is 8.19. The van der Waals surface area contributed by atoms with Crippen LogP contribution in [0, 0.1) is 12.7 Å². The van der Waals surface area contributed by atoms with Crippen LogP contribution in [-0.2, 0) is 6.54 Å². The second-order valence-corrected chi connectivity index (χ2v) is 4.87. The molecular formula is C12H13FN2OS. The summed E-state index contributed by atoms with van der Waals surface area (Å²) in [5, 5.41) is 4.17. The molecule has 0 atom stereocenters. The molecule has 2 aromatic rings. The Morgan fingerprint density at radius 2 is 2.29 bits per heavy atom. The predicted molar refractivity (Wildman–Crippen MR) is 67.1 cm³/mol. The van der Waals surface area contributed by atoms with E-state index < -0.39 is 0 Å². The number of hydrogen-bond acceptors (Lipinski definition) is 4. The van der Waals surface area contributed by atoms with Crippen LogP contribution in [0.15, 0.2) is 24.4 Å². The van der Waals surface area contributed by atoms with Gasteiger partial charge < -0.3 is 10.1 Å². The Morgan fingerprint density at radius 1 is 1.47 bits per heavy atom. The Hall–Kier alpha value is -1.62. The lowest BCUT2D eigenvalue weighted by Gasteiger charge is -2.06. The molecule has 90 valence electrons. The van der Waals surface area contributed by atoms with Gasteiger partial charge in [-0.05, 0) is 19.1 Å². The first kappa shape index (κ1) is 11.9. The molecule has 0 aliphatic heterocycles. The van der Waals surface area contributed by atoms with Crippen LogP contribution in [0.1, 0.15) is 9.88 Å². The number of benzene rings is 1. The van der Waals surface area contributed by atoms with Gasteiger partial charge in [0.1, 0.15) is 0 Å². The SMILES string of the molecule is COc1ccc(NCc2cnc(C)s2)cc1F. The molecule has 0 saturated heterocycles. The second-order valence-electron chi connectivity index (χ2n) is 3.55. The summed E-state index contributed by atoms with van der Waals surface area (Å²) in [5.74, 6) is -0.109. The smallest absolute Gasteiger partial charge is 0.167 e. The summed E-state index contributed by atoms with van der Waals surface area (Å²) in [7, 11) is 1.45. The van der Waals surface area contributed by atoms with Gasteiger partial charge in [-0.1, -0.05) is 0 Å². The number of methoxy groups -OCH3 is 1. The molecule has 0 aliphatic rings. The summed E-state index contributed by atoms with van der Waals surface area (Å²) >= 11 is 1.63. The summed E-state index contributed by atoms with van der Waals surface area (Å²) in [6.45, 7) is 2.61. The Bertz CT molecular complexity index is 513. The lowest BCUT2D eigenvalue weighted by Crippen LogP contribution is -1.98. The van der Waals surface area contributed by atoms with Crippen molar-refractivity contribution >= 4 is 17.0 Å². The molecule has 0 fully saturated rings. The molecule has 0 amide bonds. The molecule has 1 aromatic carbocycles. The molecule has 0 radical (unpaired) electrons. The second kappa shape index (κ2) is 5.14. The molecule has 0 unspecified atom stereocenters. The molecule has 17 heavy (non-hydrogen) atoms. The van der Waals surface area contributed by atoms with Crippen molar-refractivity contribution < 1.29 is 9.13 Å². The molecular weight excluding hydrogens is 239 g/mol. The fourth-order valence-electron chi connectivity index (χ4n) is 1.45. The highest BCUT2D eigenvalue weighted by Crippen LogP contribution is 2.21. The summed E-state index contributed by atoms with van der Waals surface area (Å²) in [6.07, 6.45) is 1.83. The van der Waals surface area contributed by atoms with Gasteiger partial charge in [-0.2, -0.15) is 0 Å². The fourth-order valence-corrected chi connectivity index (χ4v) is 2.19. The normalized spacial score (nSPS) is 10.3. The van der Waals surface area contributed by atoms with Gasteiger partial charge in [0.25, 0.3) is 0 Å². The molecule has 1 N–H and O–H groups in total. The molecule has 2 rings (SSSR count). The molecule has 0 bridgehead atoms. The Kier molecular flexibility index (Phi) is 3.58. The van der Waals surface area contributed by atoms with Gasteiger partial charge in [0, 0.05) is 22.8 Å². The number of hydrogen-bond donors (Lipinski definition) is 1. The van der Waals surface area contributed by atoms with E-state index in [9.17, 15) is 4.39 Å². The third-order valence-electron chi connectivity index (χ3n) is 2.29. The molecule has 0 spiro atoms. The third-order valence-corrected chi connectivity index (χ3v) is 3.20. The first-order valence-corrected chi connectivity index (χ1v) is 5.99.